The molecule has 0 radical (unpaired) electrons. The zero-order valence-electron chi connectivity index (χ0n) is 8.88. The van der Waals surface area contributed by atoms with Crippen molar-refractivity contribution in [2.24, 2.45) is 7.05 Å². The Morgan fingerprint density at radius 2 is 2.29 bits per heavy atom. The van der Waals surface area contributed by atoms with Gasteiger partial charge in [-0.25, -0.2) is 4.57 Å². The summed E-state index contributed by atoms with van der Waals surface area (Å²) in [5, 5.41) is 6.68. The van der Waals surface area contributed by atoms with E-state index >= 15 is 0 Å². The van der Waals surface area contributed by atoms with E-state index in [2.05, 4.69) is 10.1 Å². The Hall–Kier alpha value is -1.73. The number of thiophene rings is 1. The number of H-pyrrole nitrogens is 1. The third-order valence-electron chi connectivity index (χ3n) is 2.45. The quantitative estimate of drug-likeness (QED) is 0.682. The summed E-state index contributed by atoms with van der Waals surface area (Å²) in [6.07, 6.45) is 1.77. The molecule has 0 fully saturated rings. The number of rotatable bonds is 1. The summed E-state index contributed by atoms with van der Waals surface area (Å²) >= 11 is 6.65. The van der Waals surface area contributed by atoms with Crippen LogP contribution in [-0.2, 0) is 7.05 Å². The Labute approximate surface area is 105 Å². The van der Waals surface area contributed by atoms with Crippen LogP contribution in [0.25, 0.3) is 16.0 Å². The molecular weight excluding hydrogens is 256 g/mol. The SMILES string of the molecule is Cn1ccc(-n2c(=S)[nH]c3sccc3c2=O)n1. The van der Waals surface area contributed by atoms with Gasteiger partial charge in [0.1, 0.15) is 4.83 Å². The maximum atomic E-state index is 12.3. The van der Waals surface area contributed by atoms with Crippen LogP contribution in [0.3, 0.4) is 0 Å². The van der Waals surface area contributed by atoms with Gasteiger partial charge in [0.2, 0.25) is 0 Å². The average molecular weight is 264 g/mol. The van der Waals surface area contributed by atoms with Crippen molar-refractivity contribution in [3.63, 3.8) is 0 Å². The highest BCUT2D eigenvalue weighted by molar-refractivity contribution is 7.71. The fourth-order valence-corrected chi connectivity index (χ4v) is 2.79. The van der Waals surface area contributed by atoms with E-state index in [9.17, 15) is 4.79 Å². The van der Waals surface area contributed by atoms with E-state index in [0.717, 1.165) is 4.83 Å². The van der Waals surface area contributed by atoms with Gasteiger partial charge in [-0.2, -0.15) is 5.10 Å². The van der Waals surface area contributed by atoms with Gasteiger partial charge in [0, 0.05) is 19.3 Å². The third-order valence-corrected chi connectivity index (χ3v) is 3.57. The van der Waals surface area contributed by atoms with Crippen LogP contribution in [0.5, 0.6) is 0 Å². The van der Waals surface area contributed by atoms with Gasteiger partial charge >= 0.3 is 0 Å². The highest BCUT2D eigenvalue weighted by Gasteiger charge is 2.09. The minimum Gasteiger partial charge on any atom is -0.323 e. The number of aromatic nitrogens is 4. The fraction of sp³-hybridized carbons (Fsp3) is 0.100. The summed E-state index contributed by atoms with van der Waals surface area (Å²) in [4.78, 5) is 16.1. The summed E-state index contributed by atoms with van der Waals surface area (Å²) < 4.78 is 3.40. The number of hydrogen-bond donors (Lipinski definition) is 1. The van der Waals surface area contributed by atoms with E-state index in [-0.39, 0.29) is 5.56 Å². The minimum atomic E-state index is -0.135. The van der Waals surface area contributed by atoms with Gasteiger partial charge in [-0.15, -0.1) is 11.3 Å². The Morgan fingerprint density at radius 3 is 3.00 bits per heavy atom. The largest absolute Gasteiger partial charge is 0.323 e. The summed E-state index contributed by atoms with van der Waals surface area (Å²) in [6.45, 7) is 0. The van der Waals surface area contributed by atoms with Crippen LogP contribution < -0.4 is 5.56 Å². The molecule has 0 unspecified atom stereocenters. The van der Waals surface area contributed by atoms with Crippen LogP contribution >= 0.6 is 23.6 Å². The number of nitrogens with zero attached hydrogens (tertiary/aromatic N) is 3. The van der Waals surface area contributed by atoms with Gasteiger partial charge in [-0.3, -0.25) is 9.48 Å². The Balaban J connectivity index is 2.44. The summed E-state index contributed by atoms with van der Waals surface area (Å²) in [5.74, 6) is 0.534. The van der Waals surface area contributed by atoms with Gasteiger partial charge in [0.15, 0.2) is 10.6 Å². The molecule has 1 N–H and O–H groups in total. The first-order valence-electron chi connectivity index (χ1n) is 4.89. The monoisotopic (exact) mass is 264 g/mol. The van der Waals surface area contributed by atoms with E-state index < -0.39 is 0 Å². The normalized spacial score (nSPS) is 11.1. The molecular formula is C10H8N4OS2. The first-order chi connectivity index (χ1) is 8.16. The minimum absolute atomic E-state index is 0.135. The van der Waals surface area contributed by atoms with Gasteiger partial charge < -0.3 is 4.98 Å². The first kappa shape index (κ1) is 10.4. The first-order valence-corrected chi connectivity index (χ1v) is 6.18. The van der Waals surface area contributed by atoms with Crippen molar-refractivity contribution in [2.75, 3.05) is 0 Å². The summed E-state index contributed by atoms with van der Waals surface area (Å²) in [6, 6.07) is 3.54. The third kappa shape index (κ3) is 1.55. The van der Waals surface area contributed by atoms with Crippen molar-refractivity contribution in [3.05, 3.63) is 38.8 Å². The molecule has 5 nitrogen and oxygen atoms in total. The maximum Gasteiger partial charge on any atom is 0.268 e. The second kappa shape index (κ2) is 3.64. The molecule has 7 heteroatoms. The predicted molar refractivity (Wildman–Crippen MR) is 69.4 cm³/mol. The zero-order valence-corrected chi connectivity index (χ0v) is 10.5. The lowest BCUT2D eigenvalue weighted by molar-refractivity contribution is 0.742. The van der Waals surface area contributed by atoms with Crippen LogP contribution in [0.4, 0.5) is 0 Å². The standard InChI is InChI=1S/C10H8N4OS2/c1-13-4-2-7(12-13)14-9(15)6-3-5-17-8(6)11-10(14)16/h2-5H,1H3,(H,11,16). The Morgan fingerprint density at radius 1 is 1.47 bits per heavy atom. The second-order valence-electron chi connectivity index (χ2n) is 3.58. The van der Waals surface area contributed by atoms with Crippen molar-refractivity contribution in [2.45, 2.75) is 0 Å². The molecule has 0 saturated heterocycles. The zero-order chi connectivity index (χ0) is 12.0. The average Bonchev–Trinajstić information content (AvgIpc) is 2.87. The van der Waals surface area contributed by atoms with Crippen LogP contribution in [-0.4, -0.2) is 19.3 Å². The number of hydrogen-bond acceptors (Lipinski definition) is 4. The number of fused-ring (bicyclic) bond motifs is 1. The topological polar surface area (TPSA) is 55.6 Å². The number of nitrogens with one attached hydrogen (secondary N) is 1. The number of aromatic amines is 1. The Kier molecular flexibility index (Phi) is 2.23. The molecule has 0 aliphatic heterocycles. The molecule has 0 bridgehead atoms. The molecule has 0 saturated carbocycles. The molecule has 0 aliphatic rings. The molecule has 0 atom stereocenters. The second-order valence-corrected chi connectivity index (χ2v) is 4.88. The van der Waals surface area contributed by atoms with Crippen LogP contribution in [0.15, 0.2) is 28.5 Å². The summed E-state index contributed by atoms with van der Waals surface area (Å²) in [5.41, 5.74) is -0.135. The van der Waals surface area contributed by atoms with Crippen molar-refractivity contribution < 1.29 is 0 Å². The van der Waals surface area contributed by atoms with Gasteiger partial charge in [-0.1, -0.05) is 0 Å². The van der Waals surface area contributed by atoms with E-state index in [4.69, 9.17) is 12.2 Å². The predicted octanol–water partition coefficient (Wildman–Crippen LogP) is 1.84. The molecule has 0 aliphatic carbocycles. The molecule has 3 heterocycles. The van der Waals surface area contributed by atoms with Crippen molar-refractivity contribution >= 4 is 33.8 Å². The van der Waals surface area contributed by atoms with Crippen LogP contribution in [0.1, 0.15) is 0 Å². The molecule has 0 amide bonds. The van der Waals surface area contributed by atoms with E-state index in [1.807, 2.05) is 5.38 Å². The molecule has 86 valence electrons. The van der Waals surface area contributed by atoms with Gasteiger partial charge in [0.25, 0.3) is 5.56 Å². The van der Waals surface area contributed by atoms with Gasteiger partial charge in [0.05, 0.1) is 5.39 Å². The lowest BCUT2D eigenvalue weighted by Gasteiger charge is -2.01. The molecule has 3 aromatic rings. The molecule has 3 rings (SSSR count). The lowest BCUT2D eigenvalue weighted by atomic mass is 10.4. The number of aryl methyl sites for hydroxylation is 1. The van der Waals surface area contributed by atoms with E-state index in [0.29, 0.717) is 16.0 Å². The van der Waals surface area contributed by atoms with Crippen molar-refractivity contribution in [1.82, 2.24) is 19.3 Å². The van der Waals surface area contributed by atoms with Crippen LogP contribution in [0, 0.1) is 4.77 Å². The van der Waals surface area contributed by atoms with E-state index in [1.165, 1.54) is 15.9 Å². The van der Waals surface area contributed by atoms with Crippen molar-refractivity contribution in [3.8, 4) is 5.82 Å². The maximum absolute atomic E-state index is 12.3. The molecule has 0 aromatic carbocycles. The molecule has 0 spiro atoms. The lowest BCUT2D eigenvalue weighted by Crippen LogP contribution is -2.20. The smallest absolute Gasteiger partial charge is 0.268 e. The summed E-state index contributed by atoms with van der Waals surface area (Å²) in [7, 11) is 1.80. The van der Waals surface area contributed by atoms with E-state index in [1.54, 1.807) is 30.1 Å². The van der Waals surface area contributed by atoms with Crippen molar-refractivity contribution in [1.29, 1.82) is 0 Å². The van der Waals surface area contributed by atoms with Crippen LogP contribution in [0.2, 0.25) is 0 Å². The highest BCUT2D eigenvalue weighted by Crippen LogP contribution is 2.15. The Bertz CT molecular complexity index is 807. The van der Waals surface area contributed by atoms with Gasteiger partial charge in [-0.05, 0) is 23.7 Å². The molecule has 17 heavy (non-hydrogen) atoms. The molecule has 3 aromatic heterocycles. The highest BCUT2D eigenvalue weighted by atomic mass is 32.1. The fourth-order valence-electron chi connectivity index (χ4n) is 1.67.